The summed E-state index contributed by atoms with van der Waals surface area (Å²) in [6, 6.07) is 7.60. The lowest BCUT2D eigenvalue weighted by Gasteiger charge is -2.09. The first kappa shape index (κ1) is 16.0. The summed E-state index contributed by atoms with van der Waals surface area (Å²) in [6.07, 6.45) is 0. The maximum atomic E-state index is 13.4. The molecule has 0 spiro atoms. The largest absolute Gasteiger partial charge is 0.494 e. The minimum atomic E-state index is -0.566. The molecule has 2 aromatic rings. The van der Waals surface area contributed by atoms with E-state index < -0.39 is 5.82 Å². The van der Waals surface area contributed by atoms with Crippen molar-refractivity contribution in [2.24, 2.45) is 0 Å². The van der Waals surface area contributed by atoms with E-state index >= 15 is 0 Å². The first-order chi connectivity index (χ1) is 9.93. The Bertz CT molecular complexity index is 704. The third-order valence-corrected chi connectivity index (χ3v) is 4.14. The van der Waals surface area contributed by atoms with Gasteiger partial charge in [-0.2, -0.15) is 0 Å². The zero-order valence-corrected chi connectivity index (χ0v) is 14.3. The highest BCUT2D eigenvalue weighted by atomic mass is 79.9. The van der Waals surface area contributed by atoms with Crippen LogP contribution in [0.25, 0.3) is 0 Å². The third-order valence-electron chi connectivity index (χ3n) is 2.83. The predicted molar refractivity (Wildman–Crippen MR) is 87.3 cm³/mol. The van der Waals surface area contributed by atoms with Gasteiger partial charge in [0.05, 0.1) is 12.3 Å². The molecule has 0 unspecified atom stereocenters. The second-order valence-corrected chi connectivity index (χ2v) is 5.97. The summed E-state index contributed by atoms with van der Waals surface area (Å²) in [4.78, 5) is 12.5. The molecule has 2 aromatic carbocycles. The van der Waals surface area contributed by atoms with Crippen LogP contribution in [0, 0.1) is 5.82 Å². The molecule has 0 saturated carbocycles. The molecule has 0 fully saturated rings. The summed E-state index contributed by atoms with van der Waals surface area (Å²) in [6.45, 7) is 2.42. The van der Waals surface area contributed by atoms with Crippen LogP contribution in [0.4, 0.5) is 10.1 Å². The number of ether oxygens (including phenoxy) is 1. The number of hydrogen-bond donors (Lipinski definition) is 1. The number of nitrogen functional groups attached to an aromatic ring is 1. The number of benzene rings is 2. The molecule has 3 nitrogen and oxygen atoms in total. The highest BCUT2D eigenvalue weighted by Crippen LogP contribution is 2.29. The van der Waals surface area contributed by atoms with Crippen molar-refractivity contribution in [3.63, 3.8) is 0 Å². The molecule has 0 aromatic heterocycles. The Morgan fingerprint density at radius 3 is 2.48 bits per heavy atom. The quantitative estimate of drug-likeness (QED) is 0.587. The summed E-state index contributed by atoms with van der Waals surface area (Å²) < 4.78 is 19.7. The summed E-state index contributed by atoms with van der Waals surface area (Å²) in [5, 5.41) is 0. The molecule has 110 valence electrons. The monoisotopic (exact) mass is 415 g/mol. The van der Waals surface area contributed by atoms with Crippen molar-refractivity contribution in [2.75, 3.05) is 12.3 Å². The van der Waals surface area contributed by atoms with E-state index in [1.807, 2.05) is 6.92 Å². The number of nitrogens with two attached hydrogens (primary N) is 1. The minimum Gasteiger partial charge on any atom is -0.494 e. The molecular weight excluding hydrogens is 405 g/mol. The molecule has 0 radical (unpaired) electrons. The van der Waals surface area contributed by atoms with Gasteiger partial charge in [-0.1, -0.05) is 0 Å². The van der Waals surface area contributed by atoms with Gasteiger partial charge >= 0.3 is 0 Å². The molecule has 2 rings (SSSR count). The number of halogens is 3. The van der Waals surface area contributed by atoms with Gasteiger partial charge in [0.1, 0.15) is 11.6 Å². The van der Waals surface area contributed by atoms with E-state index in [9.17, 15) is 9.18 Å². The van der Waals surface area contributed by atoms with Gasteiger partial charge < -0.3 is 10.5 Å². The van der Waals surface area contributed by atoms with Gasteiger partial charge in [-0.25, -0.2) is 4.39 Å². The zero-order valence-electron chi connectivity index (χ0n) is 11.1. The molecule has 0 atom stereocenters. The van der Waals surface area contributed by atoms with Crippen LogP contribution in [-0.2, 0) is 0 Å². The second kappa shape index (κ2) is 6.58. The average Bonchev–Trinajstić information content (AvgIpc) is 2.43. The van der Waals surface area contributed by atoms with Crippen LogP contribution in [-0.4, -0.2) is 12.4 Å². The zero-order chi connectivity index (χ0) is 15.6. The fourth-order valence-electron chi connectivity index (χ4n) is 1.82. The van der Waals surface area contributed by atoms with Gasteiger partial charge in [-0.3, -0.25) is 4.79 Å². The lowest BCUT2D eigenvalue weighted by molar-refractivity contribution is 0.103. The Labute approximate surface area is 138 Å². The Kier molecular flexibility index (Phi) is 5.00. The van der Waals surface area contributed by atoms with Crippen molar-refractivity contribution in [1.82, 2.24) is 0 Å². The van der Waals surface area contributed by atoms with Crippen LogP contribution in [0.2, 0.25) is 0 Å². The molecule has 0 heterocycles. The van der Waals surface area contributed by atoms with E-state index in [1.165, 1.54) is 12.1 Å². The van der Waals surface area contributed by atoms with Crippen LogP contribution in [0.3, 0.4) is 0 Å². The average molecular weight is 417 g/mol. The topological polar surface area (TPSA) is 52.3 Å². The number of hydrogen-bond acceptors (Lipinski definition) is 3. The van der Waals surface area contributed by atoms with Crippen molar-refractivity contribution in [1.29, 1.82) is 0 Å². The van der Waals surface area contributed by atoms with Crippen molar-refractivity contribution in [3.05, 3.63) is 56.2 Å². The number of carbonyl (C=O) groups excluding carboxylic acids is 1. The SMILES string of the molecule is CCOc1ccc(C(=O)c2cc(N)c(F)cc2Br)c(Br)c1. The highest BCUT2D eigenvalue weighted by molar-refractivity contribution is 9.11. The fraction of sp³-hybridized carbons (Fsp3) is 0.133. The normalized spacial score (nSPS) is 10.5. The third kappa shape index (κ3) is 3.44. The second-order valence-electron chi connectivity index (χ2n) is 4.26. The van der Waals surface area contributed by atoms with Gasteiger partial charge in [0.2, 0.25) is 0 Å². The maximum Gasteiger partial charge on any atom is 0.195 e. The number of carbonyl (C=O) groups is 1. The predicted octanol–water partition coefficient (Wildman–Crippen LogP) is 4.56. The van der Waals surface area contributed by atoms with Gasteiger partial charge in [-0.15, -0.1) is 0 Å². The van der Waals surface area contributed by atoms with Crippen molar-refractivity contribution in [2.45, 2.75) is 6.92 Å². The van der Waals surface area contributed by atoms with Crippen LogP contribution in [0.5, 0.6) is 5.75 Å². The first-order valence-electron chi connectivity index (χ1n) is 6.15. The molecule has 0 amide bonds. The highest BCUT2D eigenvalue weighted by Gasteiger charge is 2.18. The van der Waals surface area contributed by atoms with Crippen LogP contribution in [0.15, 0.2) is 39.3 Å². The fourth-order valence-corrected chi connectivity index (χ4v) is 2.85. The van der Waals surface area contributed by atoms with E-state index in [1.54, 1.807) is 18.2 Å². The van der Waals surface area contributed by atoms with E-state index in [0.29, 0.717) is 32.4 Å². The molecule has 2 N–H and O–H groups in total. The van der Waals surface area contributed by atoms with E-state index in [0.717, 1.165) is 0 Å². The van der Waals surface area contributed by atoms with Crippen LogP contribution in [0.1, 0.15) is 22.8 Å². The first-order valence-corrected chi connectivity index (χ1v) is 7.74. The van der Waals surface area contributed by atoms with Gasteiger partial charge in [0.15, 0.2) is 5.78 Å². The van der Waals surface area contributed by atoms with Crippen LogP contribution >= 0.6 is 31.9 Å². The number of anilines is 1. The lowest BCUT2D eigenvalue weighted by Crippen LogP contribution is -2.06. The molecule has 6 heteroatoms. The number of ketones is 1. The molecule has 0 aliphatic heterocycles. The van der Waals surface area contributed by atoms with Crippen molar-refractivity contribution < 1.29 is 13.9 Å². The van der Waals surface area contributed by atoms with Gasteiger partial charge in [0.25, 0.3) is 0 Å². The Morgan fingerprint density at radius 1 is 1.19 bits per heavy atom. The van der Waals surface area contributed by atoms with E-state index in [4.69, 9.17) is 10.5 Å². The molecule has 0 aliphatic rings. The molecule has 0 bridgehead atoms. The minimum absolute atomic E-state index is 0.0661. The standard InChI is InChI=1S/C15H12Br2FNO2/c1-2-21-8-3-4-9(11(16)5-8)15(20)10-6-14(19)13(18)7-12(10)17/h3-7H,2,19H2,1H3. The lowest BCUT2D eigenvalue weighted by atomic mass is 10.0. The maximum absolute atomic E-state index is 13.4. The molecule has 0 aliphatic carbocycles. The summed E-state index contributed by atoms with van der Waals surface area (Å²) in [5.41, 5.74) is 6.21. The Hall–Kier alpha value is -1.40. The molecule has 0 saturated heterocycles. The van der Waals surface area contributed by atoms with Gasteiger partial charge in [-0.05, 0) is 69.1 Å². The Balaban J connectivity index is 2.43. The van der Waals surface area contributed by atoms with Gasteiger partial charge in [0, 0.05) is 20.1 Å². The van der Waals surface area contributed by atoms with Crippen molar-refractivity contribution in [3.8, 4) is 5.75 Å². The summed E-state index contributed by atoms with van der Waals surface area (Å²) in [5.74, 6) is -0.161. The van der Waals surface area contributed by atoms with Crippen LogP contribution < -0.4 is 10.5 Å². The smallest absolute Gasteiger partial charge is 0.195 e. The summed E-state index contributed by atoms with van der Waals surface area (Å²) in [7, 11) is 0. The number of rotatable bonds is 4. The van der Waals surface area contributed by atoms with Crippen molar-refractivity contribution >= 4 is 43.3 Å². The Morgan fingerprint density at radius 2 is 1.86 bits per heavy atom. The molecular formula is C15H12Br2FNO2. The van der Waals surface area contributed by atoms with E-state index in [2.05, 4.69) is 31.9 Å². The molecule has 21 heavy (non-hydrogen) atoms. The van der Waals surface area contributed by atoms with E-state index in [-0.39, 0.29) is 11.5 Å². The summed E-state index contributed by atoms with van der Waals surface area (Å²) >= 11 is 6.54.